The van der Waals surface area contributed by atoms with Gasteiger partial charge in [0.25, 0.3) is 0 Å². The molecule has 2 heterocycles. The molecule has 0 aliphatic carbocycles. The molecular formula is C23H46O3. The molecule has 0 radical (unpaired) electrons. The Morgan fingerprint density at radius 2 is 1.12 bits per heavy atom. The molecule has 0 bridgehead atoms. The van der Waals surface area contributed by atoms with E-state index in [1.807, 2.05) is 0 Å². The van der Waals surface area contributed by atoms with Crippen molar-refractivity contribution in [1.82, 2.24) is 0 Å². The normalized spacial score (nSPS) is 21.8. The van der Waals surface area contributed by atoms with Crippen LogP contribution in [0.3, 0.4) is 0 Å². The van der Waals surface area contributed by atoms with Crippen LogP contribution in [0.5, 0.6) is 0 Å². The van der Waals surface area contributed by atoms with Crippen molar-refractivity contribution >= 4 is 0 Å². The molecule has 2 saturated heterocycles. The highest BCUT2D eigenvalue weighted by atomic mass is 16.6. The SMILES string of the molecule is C(OCC1CO1)C1CO1.CCCCCCCCCCCC(C)CCCC. The Morgan fingerprint density at radius 3 is 1.58 bits per heavy atom. The van der Waals surface area contributed by atoms with Crippen LogP contribution in [-0.2, 0) is 14.2 Å². The van der Waals surface area contributed by atoms with Crippen LogP contribution < -0.4 is 0 Å². The van der Waals surface area contributed by atoms with Crippen LogP contribution >= 0.6 is 0 Å². The maximum Gasteiger partial charge on any atom is 0.104 e. The van der Waals surface area contributed by atoms with E-state index in [2.05, 4.69) is 20.8 Å². The van der Waals surface area contributed by atoms with E-state index in [1.54, 1.807) is 0 Å². The Labute approximate surface area is 163 Å². The Balaban J connectivity index is 0.000000308. The third-order valence-corrected chi connectivity index (χ3v) is 5.26. The van der Waals surface area contributed by atoms with E-state index >= 15 is 0 Å². The molecule has 2 aliphatic heterocycles. The number of unbranched alkanes of at least 4 members (excludes halogenated alkanes) is 9. The van der Waals surface area contributed by atoms with Crippen LogP contribution in [0.15, 0.2) is 0 Å². The van der Waals surface area contributed by atoms with E-state index in [0.29, 0.717) is 12.2 Å². The summed E-state index contributed by atoms with van der Waals surface area (Å²) in [5.41, 5.74) is 0. The van der Waals surface area contributed by atoms with Gasteiger partial charge in [-0.05, 0) is 5.92 Å². The summed E-state index contributed by atoms with van der Waals surface area (Å²) in [5, 5.41) is 0. The molecule has 26 heavy (non-hydrogen) atoms. The van der Waals surface area contributed by atoms with E-state index in [0.717, 1.165) is 32.3 Å². The number of hydrogen-bond acceptors (Lipinski definition) is 3. The number of ether oxygens (including phenoxy) is 3. The van der Waals surface area contributed by atoms with Crippen molar-refractivity contribution in [3.63, 3.8) is 0 Å². The third-order valence-electron chi connectivity index (χ3n) is 5.26. The summed E-state index contributed by atoms with van der Waals surface area (Å²) >= 11 is 0. The molecule has 0 aromatic carbocycles. The molecule has 3 nitrogen and oxygen atoms in total. The molecule has 0 saturated carbocycles. The zero-order valence-corrected chi connectivity index (χ0v) is 18.0. The van der Waals surface area contributed by atoms with Gasteiger partial charge in [0.1, 0.15) is 12.2 Å². The second-order valence-corrected chi connectivity index (χ2v) is 8.31. The van der Waals surface area contributed by atoms with Gasteiger partial charge < -0.3 is 14.2 Å². The molecule has 156 valence electrons. The van der Waals surface area contributed by atoms with Crippen LogP contribution in [0.1, 0.15) is 104 Å². The average molecular weight is 371 g/mol. The van der Waals surface area contributed by atoms with Gasteiger partial charge in [0, 0.05) is 0 Å². The summed E-state index contributed by atoms with van der Waals surface area (Å²) in [6.07, 6.45) is 19.6. The van der Waals surface area contributed by atoms with Gasteiger partial charge in [0.05, 0.1) is 26.4 Å². The van der Waals surface area contributed by atoms with Crippen LogP contribution in [0, 0.1) is 5.92 Å². The van der Waals surface area contributed by atoms with Crippen molar-refractivity contribution < 1.29 is 14.2 Å². The van der Waals surface area contributed by atoms with Gasteiger partial charge in [-0.2, -0.15) is 0 Å². The third kappa shape index (κ3) is 17.3. The van der Waals surface area contributed by atoms with Crippen molar-refractivity contribution in [1.29, 1.82) is 0 Å². The van der Waals surface area contributed by atoms with Crippen LogP contribution in [0.25, 0.3) is 0 Å². The van der Waals surface area contributed by atoms with Gasteiger partial charge in [-0.3, -0.25) is 0 Å². The minimum absolute atomic E-state index is 0.392. The van der Waals surface area contributed by atoms with E-state index in [1.165, 1.54) is 83.5 Å². The van der Waals surface area contributed by atoms with Gasteiger partial charge in [-0.1, -0.05) is 104 Å². The van der Waals surface area contributed by atoms with Gasteiger partial charge in [0.2, 0.25) is 0 Å². The predicted molar refractivity (Wildman–Crippen MR) is 111 cm³/mol. The van der Waals surface area contributed by atoms with Crippen molar-refractivity contribution in [2.24, 2.45) is 5.92 Å². The van der Waals surface area contributed by atoms with E-state index in [9.17, 15) is 0 Å². The summed E-state index contributed by atoms with van der Waals surface area (Å²) in [6.45, 7) is 10.3. The topological polar surface area (TPSA) is 34.3 Å². The molecule has 2 fully saturated rings. The van der Waals surface area contributed by atoms with Gasteiger partial charge >= 0.3 is 0 Å². The number of epoxide rings is 2. The summed E-state index contributed by atoms with van der Waals surface area (Å²) < 4.78 is 15.1. The monoisotopic (exact) mass is 370 g/mol. The smallest absolute Gasteiger partial charge is 0.104 e. The van der Waals surface area contributed by atoms with Crippen LogP contribution in [0.2, 0.25) is 0 Å². The molecule has 0 N–H and O–H groups in total. The molecule has 0 aromatic rings. The van der Waals surface area contributed by atoms with E-state index in [4.69, 9.17) is 14.2 Å². The highest BCUT2D eigenvalue weighted by Gasteiger charge is 2.26. The fraction of sp³-hybridized carbons (Fsp3) is 1.00. The second kappa shape index (κ2) is 17.0. The second-order valence-electron chi connectivity index (χ2n) is 8.31. The van der Waals surface area contributed by atoms with Crippen molar-refractivity contribution in [3.05, 3.63) is 0 Å². The predicted octanol–water partition coefficient (Wildman–Crippen LogP) is 6.53. The maximum atomic E-state index is 5.23. The summed E-state index contributed by atoms with van der Waals surface area (Å²) in [6, 6.07) is 0. The van der Waals surface area contributed by atoms with E-state index in [-0.39, 0.29) is 0 Å². The van der Waals surface area contributed by atoms with Crippen molar-refractivity contribution in [2.75, 3.05) is 26.4 Å². The first kappa shape index (κ1) is 23.9. The Kier molecular flexibility index (Phi) is 15.6. The highest BCUT2D eigenvalue weighted by Crippen LogP contribution is 2.17. The Bertz CT molecular complexity index is 275. The fourth-order valence-corrected chi connectivity index (χ4v) is 3.16. The first-order chi connectivity index (χ1) is 12.8. The summed E-state index contributed by atoms with van der Waals surface area (Å²) in [4.78, 5) is 0. The minimum atomic E-state index is 0.392. The standard InChI is InChI=1S/C17H36.C6H10O3/c1-4-6-8-9-10-11-12-13-14-16-17(3)15-7-5-2;1(5-3-8-5)7-2-6-4-9-6/h17H,4-16H2,1-3H3;5-6H,1-4H2. The zero-order chi connectivity index (χ0) is 18.9. The molecular weight excluding hydrogens is 324 g/mol. The Hall–Kier alpha value is -0.120. The molecule has 0 spiro atoms. The molecule has 2 rings (SSSR count). The van der Waals surface area contributed by atoms with Crippen molar-refractivity contribution in [2.45, 2.75) is 116 Å². The molecule has 3 heteroatoms. The Morgan fingerprint density at radius 1 is 0.692 bits per heavy atom. The molecule has 2 aliphatic rings. The van der Waals surface area contributed by atoms with Gasteiger partial charge in [-0.25, -0.2) is 0 Å². The lowest BCUT2D eigenvalue weighted by atomic mass is 9.97. The fourth-order valence-electron chi connectivity index (χ4n) is 3.16. The zero-order valence-electron chi connectivity index (χ0n) is 18.0. The van der Waals surface area contributed by atoms with Crippen LogP contribution in [-0.4, -0.2) is 38.6 Å². The average Bonchev–Trinajstić information content (AvgIpc) is 3.54. The van der Waals surface area contributed by atoms with Crippen LogP contribution in [0.4, 0.5) is 0 Å². The molecule has 0 aromatic heterocycles. The summed E-state index contributed by atoms with van der Waals surface area (Å²) in [7, 11) is 0. The summed E-state index contributed by atoms with van der Waals surface area (Å²) in [5.74, 6) is 0.972. The first-order valence-electron chi connectivity index (χ1n) is 11.6. The maximum absolute atomic E-state index is 5.23. The molecule has 0 amide bonds. The van der Waals surface area contributed by atoms with E-state index < -0.39 is 0 Å². The lowest BCUT2D eigenvalue weighted by Crippen LogP contribution is -2.06. The molecule has 3 unspecified atom stereocenters. The molecule has 3 atom stereocenters. The lowest BCUT2D eigenvalue weighted by Gasteiger charge is -2.10. The lowest BCUT2D eigenvalue weighted by molar-refractivity contribution is 0.102. The minimum Gasteiger partial charge on any atom is -0.376 e. The largest absolute Gasteiger partial charge is 0.376 e. The van der Waals surface area contributed by atoms with Crippen molar-refractivity contribution in [3.8, 4) is 0 Å². The number of rotatable bonds is 17. The number of hydrogen-bond donors (Lipinski definition) is 0. The van der Waals surface area contributed by atoms with Gasteiger partial charge in [0.15, 0.2) is 0 Å². The van der Waals surface area contributed by atoms with Gasteiger partial charge in [-0.15, -0.1) is 0 Å². The first-order valence-corrected chi connectivity index (χ1v) is 11.6. The highest BCUT2D eigenvalue weighted by molar-refractivity contribution is 4.71. The quantitative estimate of drug-likeness (QED) is 0.215.